The van der Waals surface area contributed by atoms with E-state index in [4.69, 9.17) is 5.41 Å². The second-order valence-electron chi connectivity index (χ2n) is 8.12. The Kier molecular flexibility index (Phi) is 5.98. The van der Waals surface area contributed by atoms with Crippen LogP contribution in [-0.2, 0) is 15.4 Å². The summed E-state index contributed by atoms with van der Waals surface area (Å²) in [6.45, 7) is 2.03. The highest BCUT2D eigenvalue weighted by molar-refractivity contribution is 7.93. The number of alkyl halides is 3. The molecule has 1 saturated heterocycles. The molecule has 0 spiro atoms. The highest BCUT2D eigenvalue weighted by atomic mass is 32.2. The van der Waals surface area contributed by atoms with Crippen LogP contribution in [-0.4, -0.2) is 41.8 Å². The third kappa shape index (κ3) is 4.82. The predicted octanol–water partition coefficient (Wildman–Crippen LogP) is 3.53. The zero-order chi connectivity index (χ0) is 24.8. The zero-order valence-electron chi connectivity index (χ0n) is 17.3. The Morgan fingerprint density at radius 2 is 1.88 bits per heavy atom. The summed E-state index contributed by atoms with van der Waals surface area (Å²) in [5.41, 5.74) is -2.19. The van der Waals surface area contributed by atoms with Crippen molar-refractivity contribution in [2.24, 2.45) is 0 Å². The standard InChI is InChI=1S/C20H19F5N4O3S/c1-18(10-33(31,32)19(2,17(26)29-18)9-20(23,24)25)13-7-12(4-5-14(13)22)28-16(30)15-6-3-11(21)8-27-15/h3-8H,9-10H2,1-2H3,(H2,26,29)(H,28,30)/t18-,19-/m0/s1. The van der Waals surface area contributed by atoms with Gasteiger partial charge in [-0.25, -0.2) is 22.2 Å². The molecule has 1 amide bonds. The summed E-state index contributed by atoms with van der Waals surface area (Å²) in [5.74, 6) is -4.16. The first-order valence-corrected chi connectivity index (χ1v) is 11.1. The van der Waals surface area contributed by atoms with Gasteiger partial charge < -0.3 is 10.6 Å². The van der Waals surface area contributed by atoms with E-state index >= 15 is 0 Å². The molecule has 7 nitrogen and oxygen atoms in total. The minimum atomic E-state index is -4.85. The van der Waals surface area contributed by atoms with E-state index in [1.807, 2.05) is 0 Å². The number of pyridine rings is 1. The second kappa shape index (κ2) is 8.04. The minimum absolute atomic E-state index is 0.0260. The molecule has 13 heteroatoms. The number of hydrogen-bond acceptors (Lipinski definition) is 5. The maximum absolute atomic E-state index is 14.7. The van der Waals surface area contributed by atoms with Crippen LogP contribution >= 0.6 is 0 Å². The summed E-state index contributed by atoms with van der Waals surface area (Å²) < 4.78 is 89.9. The number of aromatic nitrogens is 1. The molecular formula is C20H19F5N4O3S. The summed E-state index contributed by atoms with van der Waals surface area (Å²) in [5, 5.41) is 12.9. The van der Waals surface area contributed by atoms with E-state index in [-0.39, 0.29) is 16.9 Å². The maximum Gasteiger partial charge on any atom is 0.391 e. The van der Waals surface area contributed by atoms with Gasteiger partial charge in [0, 0.05) is 11.3 Å². The van der Waals surface area contributed by atoms with E-state index in [1.165, 1.54) is 13.0 Å². The highest BCUT2D eigenvalue weighted by Gasteiger charge is 2.57. The Hall–Kier alpha value is -3.09. The number of hydrogen-bond donors (Lipinski definition) is 3. The van der Waals surface area contributed by atoms with Crippen LogP contribution in [0.4, 0.5) is 27.6 Å². The van der Waals surface area contributed by atoms with Crippen LogP contribution in [0.5, 0.6) is 0 Å². The number of rotatable bonds is 4. The Labute approximate surface area is 185 Å². The van der Waals surface area contributed by atoms with Crippen molar-refractivity contribution in [2.45, 2.75) is 36.7 Å². The Bertz CT molecular complexity index is 1220. The third-order valence-electron chi connectivity index (χ3n) is 5.41. The molecule has 0 saturated carbocycles. The Balaban J connectivity index is 1.94. The summed E-state index contributed by atoms with van der Waals surface area (Å²) in [6.07, 6.45) is -5.80. The average Bonchev–Trinajstić information content (AvgIpc) is 2.67. The van der Waals surface area contributed by atoms with Gasteiger partial charge in [-0.3, -0.25) is 10.2 Å². The smallest absolute Gasteiger partial charge is 0.362 e. The number of carbonyl (C=O) groups is 1. The average molecular weight is 490 g/mol. The number of halogens is 5. The van der Waals surface area contributed by atoms with Crippen LogP contribution < -0.4 is 10.6 Å². The number of anilines is 1. The van der Waals surface area contributed by atoms with Gasteiger partial charge in [0.1, 0.15) is 27.9 Å². The molecule has 2 atom stereocenters. The molecule has 178 valence electrons. The van der Waals surface area contributed by atoms with E-state index in [9.17, 15) is 35.2 Å². The molecule has 2 aromatic rings. The van der Waals surface area contributed by atoms with Crippen molar-refractivity contribution in [3.05, 3.63) is 59.4 Å². The molecule has 0 radical (unpaired) electrons. The van der Waals surface area contributed by atoms with E-state index in [0.29, 0.717) is 0 Å². The van der Waals surface area contributed by atoms with Gasteiger partial charge >= 0.3 is 6.18 Å². The fourth-order valence-corrected chi connectivity index (χ4v) is 5.65. The van der Waals surface area contributed by atoms with Crippen molar-refractivity contribution in [3.63, 3.8) is 0 Å². The Morgan fingerprint density at radius 3 is 2.42 bits per heavy atom. The first-order valence-electron chi connectivity index (χ1n) is 9.46. The van der Waals surface area contributed by atoms with E-state index in [0.717, 1.165) is 37.4 Å². The lowest BCUT2D eigenvalue weighted by Crippen LogP contribution is -2.66. The van der Waals surface area contributed by atoms with Crippen molar-refractivity contribution in [1.82, 2.24) is 10.3 Å². The van der Waals surface area contributed by atoms with Gasteiger partial charge in [0.05, 0.1) is 23.9 Å². The van der Waals surface area contributed by atoms with Gasteiger partial charge in [-0.05, 0) is 44.2 Å². The molecule has 0 bridgehead atoms. The van der Waals surface area contributed by atoms with Crippen LogP contribution in [0.15, 0.2) is 36.5 Å². The number of amidine groups is 1. The zero-order valence-corrected chi connectivity index (χ0v) is 18.2. The number of carbonyl (C=O) groups excluding carboxylic acids is 1. The van der Waals surface area contributed by atoms with Crippen molar-refractivity contribution in [2.75, 3.05) is 11.1 Å². The number of nitrogens with zero attached hydrogens (tertiary/aromatic N) is 1. The molecule has 1 fully saturated rings. The fraction of sp³-hybridized carbons (Fsp3) is 0.350. The normalized spacial score (nSPS) is 24.8. The van der Waals surface area contributed by atoms with E-state index < -0.39 is 61.9 Å². The second-order valence-corrected chi connectivity index (χ2v) is 10.5. The van der Waals surface area contributed by atoms with Crippen LogP contribution in [0, 0.1) is 17.0 Å². The third-order valence-corrected chi connectivity index (χ3v) is 8.09. The summed E-state index contributed by atoms with van der Waals surface area (Å²) in [7, 11) is -4.57. The number of sulfone groups is 1. The van der Waals surface area contributed by atoms with Gasteiger partial charge in [-0.15, -0.1) is 0 Å². The molecule has 2 heterocycles. The number of benzene rings is 1. The fourth-order valence-electron chi connectivity index (χ4n) is 3.60. The summed E-state index contributed by atoms with van der Waals surface area (Å²) in [4.78, 5) is 15.9. The highest BCUT2D eigenvalue weighted by Crippen LogP contribution is 2.41. The lowest BCUT2D eigenvalue weighted by Gasteiger charge is -2.45. The van der Waals surface area contributed by atoms with Crippen LogP contribution in [0.2, 0.25) is 0 Å². The lowest BCUT2D eigenvalue weighted by atomic mass is 9.90. The van der Waals surface area contributed by atoms with E-state index in [2.05, 4.69) is 15.6 Å². The quantitative estimate of drug-likeness (QED) is 0.568. The molecule has 1 aromatic carbocycles. The topological polar surface area (TPSA) is 112 Å². The molecule has 0 aliphatic carbocycles. The van der Waals surface area contributed by atoms with Crippen molar-refractivity contribution >= 4 is 27.3 Å². The van der Waals surface area contributed by atoms with Gasteiger partial charge in [0.25, 0.3) is 5.91 Å². The van der Waals surface area contributed by atoms with Gasteiger partial charge in [-0.1, -0.05) is 0 Å². The van der Waals surface area contributed by atoms with Gasteiger partial charge in [0.2, 0.25) is 0 Å². The first kappa shape index (κ1) is 24.6. The summed E-state index contributed by atoms with van der Waals surface area (Å²) >= 11 is 0. The van der Waals surface area contributed by atoms with Crippen LogP contribution in [0.1, 0.15) is 36.3 Å². The minimum Gasteiger partial charge on any atom is -0.362 e. The maximum atomic E-state index is 14.7. The number of amides is 1. The van der Waals surface area contributed by atoms with Crippen molar-refractivity contribution < 1.29 is 35.2 Å². The first-order chi connectivity index (χ1) is 15.1. The predicted molar refractivity (Wildman–Crippen MR) is 110 cm³/mol. The van der Waals surface area contributed by atoms with Crippen molar-refractivity contribution in [3.8, 4) is 0 Å². The van der Waals surface area contributed by atoms with Crippen molar-refractivity contribution in [1.29, 1.82) is 5.41 Å². The molecule has 0 unspecified atom stereocenters. The Morgan fingerprint density at radius 1 is 1.21 bits per heavy atom. The van der Waals surface area contributed by atoms with Crippen LogP contribution in [0.3, 0.4) is 0 Å². The SMILES string of the molecule is C[C@]1(CC(F)(F)F)C(=N)N[C@](C)(c2cc(NC(=O)c3ccc(F)cn3)ccc2F)CS1(=O)=O. The molecule has 33 heavy (non-hydrogen) atoms. The van der Waals surface area contributed by atoms with E-state index in [1.54, 1.807) is 0 Å². The largest absolute Gasteiger partial charge is 0.391 e. The van der Waals surface area contributed by atoms with Crippen LogP contribution in [0.25, 0.3) is 0 Å². The molecule has 3 rings (SSSR count). The van der Waals surface area contributed by atoms with Gasteiger partial charge in [-0.2, -0.15) is 13.2 Å². The molecule has 3 N–H and O–H groups in total. The molecule has 1 aromatic heterocycles. The monoisotopic (exact) mass is 490 g/mol. The lowest BCUT2D eigenvalue weighted by molar-refractivity contribution is -0.137. The molecule has 1 aliphatic heterocycles. The van der Waals surface area contributed by atoms with Gasteiger partial charge in [0.15, 0.2) is 9.84 Å². The molecular weight excluding hydrogens is 471 g/mol. The number of nitrogens with one attached hydrogen (secondary N) is 3. The summed E-state index contributed by atoms with van der Waals surface area (Å²) in [6, 6.07) is 5.36. The molecule has 1 aliphatic rings.